The highest BCUT2D eigenvalue weighted by molar-refractivity contribution is 5.97. The number of fused-ring (bicyclic) bond motifs is 1. The summed E-state index contributed by atoms with van der Waals surface area (Å²) in [6.07, 6.45) is 0. The van der Waals surface area contributed by atoms with Gasteiger partial charge in [0.2, 0.25) is 5.91 Å². The van der Waals surface area contributed by atoms with Gasteiger partial charge >= 0.3 is 0 Å². The molecule has 1 amide bonds. The third kappa shape index (κ3) is 1.85. The Morgan fingerprint density at radius 1 is 1.33 bits per heavy atom. The van der Waals surface area contributed by atoms with Crippen LogP contribution < -0.4 is 15.4 Å². The van der Waals surface area contributed by atoms with E-state index >= 15 is 0 Å². The van der Waals surface area contributed by atoms with Crippen LogP contribution in [0.4, 0.5) is 5.69 Å². The molecule has 0 spiro atoms. The summed E-state index contributed by atoms with van der Waals surface area (Å²) in [6.45, 7) is 1.96. The smallest absolute Gasteiger partial charge is 0.234 e. The van der Waals surface area contributed by atoms with Crippen molar-refractivity contribution >= 4 is 11.6 Å². The Morgan fingerprint density at radius 2 is 2.17 bits per heavy atom. The summed E-state index contributed by atoms with van der Waals surface area (Å²) < 4.78 is 10.8. The van der Waals surface area contributed by atoms with Crippen LogP contribution >= 0.6 is 0 Å². The maximum absolute atomic E-state index is 12.5. The van der Waals surface area contributed by atoms with Gasteiger partial charge in [0.25, 0.3) is 0 Å². The largest absolute Gasteiger partial charge is 0.490 e. The van der Waals surface area contributed by atoms with Crippen LogP contribution in [-0.4, -0.2) is 38.3 Å². The highest BCUT2D eigenvalue weighted by Gasteiger charge is 2.36. The molecule has 0 bridgehead atoms. The zero-order valence-electron chi connectivity index (χ0n) is 10.0. The standard InChI is InChI=1S/C13H16N2O3/c14-10-8-17-7-9(10)13(16)15-5-6-18-12-4-2-1-3-11(12)15/h1-4,9-10H,5-8,14H2. The van der Waals surface area contributed by atoms with Crippen molar-refractivity contribution in [2.24, 2.45) is 11.7 Å². The summed E-state index contributed by atoms with van der Waals surface area (Å²) in [6, 6.07) is 7.37. The molecule has 0 saturated carbocycles. The maximum Gasteiger partial charge on any atom is 0.234 e. The van der Waals surface area contributed by atoms with Crippen molar-refractivity contribution in [3.8, 4) is 5.75 Å². The molecule has 1 aromatic rings. The third-order valence-corrected chi connectivity index (χ3v) is 3.44. The molecule has 18 heavy (non-hydrogen) atoms. The van der Waals surface area contributed by atoms with Gasteiger partial charge < -0.3 is 20.1 Å². The first-order valence-electron chi connectivity index (χ1n) is 6.14. The molecule has 5 heteroatoms. The molecule has 0 aromatic heterocycles. The number of amides is 1. The third-order valence-electron chi connectivity index (χ3n) is 3.44. The molecular weight excluding hydrogens is 232 g/mol. The Labute approximate surface area is 105 Å². The van der Waals surface area contributed by atoms with Crippen molar-refractivity contribution in [2.45, 2.75) is 6.04 Å². The van der Waals surface area contributed by atoms with Gasteiger partial charge in [0.1, 0.15) is 12.4 Å². The Bertz CT molecular complexity index is 463. The van der Waals surface area contributed by atoms with Gasteiger partial charge in [0, 0.05) is 6.04 Å². The first kappa shape index (κ1) is 11.5. The zero-order chi connectivity index (χ0) is 12.5. The monoisotopic (exact) mass is 248 g/mol. The number of nitrogens with zero attached hydrogens (tertiary/aromatic N) is 1. The minimum Gasteiger partial charge on any atom is -0.490 e. The molecule has 1 fully saturated rings. The fraction of sp³-hybridized carbons (Fsp3) is 0.462. The van der Waals surface area contributed by atoms with E-state index < -0.39 is 0 Å². The Kier molecular flexibility index (Phi) is 2.93. The van der Waals surface area contributed by atoms with Gasteiger partial charge in [0.15, 0.2) is 0 Å². The molecule has 2 aliphatic heterocycles. The summed E-state index contributed by atoms with van der Waals surface area (Å²) in [7, 11) is 0. The van der Waals surface area contributed by atoms with Gasteiger partial charge in [-0.15, -0.1) is 0 Å². The number of benzene rings is 1. The summed E-state index contributed by atoms with van der Waals surface area (Å²) in [4.78, 5) is 14.2. The normalized spacial score (nSPS) is 26.6. The fourth-order valence-corrected chi connectivity index (χ4v) is 2.42. The van der Waals surface area contributed by atoms with Crippen LogP contribution in [0.25, 0.3) is 0 Å². The Morgan fingerprint density at radius 3 is 2.94 bits per heavy atom. The average molecular weight is 248 g/mol. The maximum atomic E-state index is 12.5. The number of ether oxygens (including phenoxy) is 2. The molecule has 2 unspecified atom stereocenters. The molecule has 3 rings (SSSR count). The first-order chi connectivity index (χ1) is 8.77. The molecule has 2 aliphatic rings. The number of rotatable bonds is 1. The lowest BCUT2D eigenvalue weighted by molar-refractivity contribution is -0.122. The molecule has 2 heterocycles. The van der Waals surface area contributed by atoms with E-state index in [1.54, 1.807) is 4.90 Å². The average Bonchev–Trinajstić information content (AvgIpc) is 2.83. The van der Waals surface area contributed by atoms with Crippen molar-refractivity contribution in [3.05, 3.63) is 24.3 Å². The summed E-state index contributed by atoms with van der Waals surface area (Å²) in [5.41, 5.74) is 6.73. The minimum absolute atomic E-state index is 0.0377. The zero-order valence-corrected chi connectivity index (χ0v) is 10.0. The Balaban J connectivity index is 1.87. The van der Waals surface area contributed by atoms with Crippen LogP contribution in [0, 0.1) is 5.92 Å². The van der Waals surface area contributed by atoms with E-state index in [1.165, 1.54) is 0 Å². The van der Waals surface area contributed by atoms with Crippen molar-refractivity contribution in [2.75, 3.05) is 31.3 Å². The van der Waals surface area contributed by atoms with Crippen LogP contribution in [0.5, 0.6) is 5.75 Å². The van der Waals surface area contributed by atoms with Crippen molar-refractivity contribution in [1.82, 2.24) is 0 Å². The number of hydrogen-bond acceptors (Lipinski definition) is 4. The molecule has 2 N–H and O–H groups in total. The van der Waals surface area contributed by atoms with E-state index in [2.05, 4.69) is 0 Å². The number of carbonyl (C=O) groups is 1. The predicted octanol–water partition coefficient (Wildman–Crippen LogP) is 0.386. The van der Waals surface area contributed by atoms with Crippen LogP contribution in [0.1, 0.15) is 0 Å². The number of hydrogen-bond donors (Lipinski definition) is 1. The number of para-hydroxylation sites is 2. The lowest BCUT2D eigenvalue weighted by atomic mass is 10.0. The number of nitrogens with two attached hydrogens (primary N) is 1. The molecule has 1 saturated heterocycles. The second-order valence-corrected chi connectivity index (χ2v) is 4.61. The highest BCUT2D eigenvalue weighted by Crippen LogP contribution is 2.32. The number of anilines is 1. The van der Waals surface area contributed by atoms with E-state index in [4.69, 9.17) is 15.2 Å². The van der Waals surface area contributed by atoms with Gasteiger partial charge in [-0.2, -0.15) is 0 Å². The molecule has 1 aromatic carbocycles. The second kappa shape index (κ2) is 4.59. The second-order valence-electron chi connectivity index (χ2n) is 4.61. The fourth-order valence-electron chi connectivity index (χ4n) is 2.42. The van der Waals surface area contributed by atoms with E-state index in [-0.39, 0.29) is 17.9 Å². The molecule has 96 valence electrons. The van der Waals surface area contributed by atoms with Gasteiger partial charge in [0.05, 0.1) is 31.4 Å². The molecular formula is C13H16N2O3. The molecule has 0 aliphatic carbocycles. The van der Waals surface area contributed by atoms with Gasteiger partial charge in [-0.05, 0) is 12.1 Å². The lowest BCUT2D eigenvalue weighted by Gasteiger charge is -2.31. The van der Waals surface area contributed by atoms with Crippen LogP contribution in [0.2, 0.25) is 0 Å². The molecule has 0 radical (unpaired) electrons. The first-order valence-corrected chi connectivity index (χ1v) is 6.14. The molecule has 2 atom stereocenters. The summed E-state index contributed by atoms with van der Waals surface area (Å²) >= 11 is 0. The topological polar surface area (TPSA) is 64.8 Å². The molecule has 5 nitrogen and oxygen atoms in total. The Hall–Kier alpha value is -1.59. The lowest BCUT2D eigenvalue weighted by Crippen LogP contribution is -2.46. The number of carbonyl (C=O) groups excluding carboxylic acids is 1. The van der Waals surface area contributed by atoms with Crippen molar-refractivity contribution in [3.63, 3.8) is 0 Å². The SMILES string of the molecule is NC1COCC1C(=O)N1CCOc2ccccc21. The predicted molar refractivity (Wildman–Crippen MR) is 66.6 cm³/mol. The quantitative estimate of drug-likeness (QED) is 0.780. The summed E-state index contributed by atoms with van der Waals surface area (Å²) in [5.74, 6) is 0.552. The van der Waals surface area contributed by atoms with Gasteiger partial charge in [-0.1, -0.05) is 12.1 Å². The van der Waals surface area contributed by atoms with Crippen LogP contribution in [0.15, 0.2) is 24.3 Å². The van der Waals surface area contributed by atoms with Crippen molar-refractivity contribution < 1.29 is 14.3 Å². The highest BCUT2D eigenvalue weighted by atomic mass is 16.5. The van der Waals surface area contributed by atoms with Crippen LogP contribution in [-0.2, 0) is 9.53 Å². The van der Waals surface area contributed by atoms with Gasteiger partial charge in [-0.25, -0.2) is 0 Å². The van der Waals surface area contributed by atoms with Crippen LogP contribution in [0.3, 0.4) is 0 Å². The summed E-state index contributed by atoms with van der Waals surface area (Å²) in [5, 5.41) is 0. The minimum atomic E-state index is -0.240. The van der Waals surface area contributed by atoms with Crippen molar-refractivity contribution in [1.29, 1.82) is 0 Å². The van der Waals surface area contributed by atoms with E-state index in [1.807, 2.05) is 24.3 Å². The van der Waals surface area contributed by atoms with Gasteiger partial charge in [-0.3, -0.25) is 4.79 Å². The van der Waals surface area contributed by atoms with E-state index in [9.17, 15) is 4.79 Å². The van der Waals surface area contributed by atoms with E-state index in [0.29, 0.717) is 26.4 Å². The van der Waals surface area contributed by atoms with E-state index in [0.717, 1.165) is 11.4 Å².